The molecule has 23 heavy (non-hydrogen) atoms. The van der Waals surface area contributed by atoms with E-state index in [1.807, 2.05) is 36.4 Å². The number of aryl methyl sites for hydroxylation is 1. The van der Waals surface area contributed by atoms with Gasteiger partial charge in [-0.05, 0) is 48.6 Å². The fourth-order valence-electron chi connectivity index (χ4n) is 2.74. The largest absolute Gasteiger partial charge is 0.399 e. The number of halogens is 2. The molecule has 0 saturated heterocycles. The van der Waals surface area contributed by atoms with Gasteiger partial charge in [-0.1, -0.05) is 46.3 Å². The quantitative estimate of drug-likeness (QED) is 0.746. The number of nitrogen functional groups attached to an aromatic ring is 1. The maximum absolute atomic E-state index is 12.3. The Labute approximate surface area is 151 Å². The van der Waals surface area contributed by atoms with E-state index in [4.69, 9.17) is 5.73 Å². The second kappa shape index (κ2) is 7.37. The first-order valence-electron chi connectivity index (χ1n) is 7.49. The van der Waals surface area contributed by atoms with Gasteiger partial charge in [-0.15, -0.1) is 12.4 Å². The van der Waals surface area contributed by atoms with Crippen LogP contribution in [0.3, 0.4) is 0 Å². The zero-order valence-electron chi connectivity index (χ0n) is 12.7. The molecule has 0 bridgehead atoms. The SMILES string of the molecule is Cl.Nc1ccccc1CCC(=O)NC1(c2cccc(Br)c2)CC1. The van der Waals surface area contributed by atoms with Crippen molar-refractivity contribution in [2.45, 2.75) is 31.2 Å². The Hall–Kier alpha value is -1.52. The highest BCUT2D eigenvalue weighted by molar-refractivity contribution is 9.10. The first-order valence-corrected chi connectivity index (χ1v) is 8.29. The fourth-order valence-corrected chi connectivity index (χ4v) is 3.14. The first kappa shape index (κ1) is 17.8. The Morgan fingerprint density at radius 1 is 1.17 bits per heavy atom. The van der Waals surface area contributed by atoms with Crippen LogP contribution in [0.15, 0.2) is 53.0 Å². The van der Waals surface area contributed by atoms with Gasteiger partial charge in [0.1, 0.15) is 0 Å². The molecule has 3 N–H and O–H groups in total. The van der Waals surface area contributed by atoms with Crippen LogP contribution in [0, 0.1) is 0 Å². The number of carbonyl (C=O) groups excluding carboxylic acids is 1. The molecule has 0 unspecified atom stereocenters. The van der Waals surface area contributed by atoms with Gasteiger partial charge in [0, 0.05) is 16.6 Å². The number of benzene rings is 2. The zero-order chi connectivity index (χ0) is 15.6. The smallest absolute Gasteiger partial charge is 0.221 e. The van der Waals surface area contributed by atoms with Gasteiger partial charge in [-0.25, -0.2) is 0 Å². The van der Waals surface area contributed by atoms with E-state index in [2.05, 4.69) is 33.4 Å². The minimum atomic E-state index is -0.164. The van der Waals surface area contributed by atoms with Crippen LogP contribution in [-0.2, 0) is 16.8 Å². The first-order chi connectivity index (χ1) is 10.6. The maximum Gasteiger partial charge on any atom is 0.221 e. The minimum Gasteiger partial charge on any atom is -0.399 e. The second-order valence-electron chi connectivity index (χ2n) is 5.84. The summed E-state index contributed by atoms with van der Waals surface area (Å²) in [7, 11) is 0. The van der Waals surface area contributed by atoms with Gasteiger partial charge < -0.3 is 11.1 Å². The Morgan fingerprint density at radius 3 is 2.57 bits per heavy atom. The third kappa shape index (κ3) is 4.27. The lowest BCUT2D eigenvalue weighted by Gasteiger charge is -2.18. The highest BCUT2D eigenvalue weighted by atomic mass is 79.9. The second-order valence-corrected chi connectivity index (χ2v) is 6.76. The van der Waals surface area contributed by atoms with Gasteiger partial charge >= 0.3 is 0 Å². The van der Waals surface area contributed by atoms with Gasteiger partial charge in [0.15, 0.2) is 0 Å². The van der Waals surface area contributed by atoms with Crippen molar-refractivity contribution in [2.75, 3.05) is 5.73 Å². The van der Waals surface area contributed by atoms with Crippen molar-refractivity contribution in [3.8, 4) is 0 Å². The number of nitrogens with one attached hydrogen (secondary N) is 1. The van der Waals surface area contributed by atoms with Crippen LogP contribution in [0.1, 0.15) is 30.4 Å². The molecule has 0 atom stereocenters. The van der Waals surface area contributed by atoms with Gasteiger partial charge in [0.05, 0.1) is 5.54 Å². The monoisotopic (exact) mass is 394 g/mol. The van der Waals surface area contributed by atoms with E-state index in [0.29, 0.717) is 12.8 Å². The van der Waals surface area contributed by atoms with Gasteiger partial charge in [-0.3, -0.25) is 4.79 Å². The number of hydrogen-bond acceptors (Lipinski definition) is 2. The molecule has 2 aromatic rings. The summed E-state index contributed by atoms with van der Waals surface area (Å²) in [6, 6.07) is 15.9. The summed E-state index contributed by atoms with van der Waals surface area (Å²) >= 11 is 3.49. The van der Waals surface area contributed by atoms with Crippen molar-refractivity contribution >= 4 is 39.9 Å². The third-order valence-electron chi connectivity index (χ3n) is 4.18. The van der Waals surface area contributed by atoms with Crippen LogP contribution in [0.2, 0.25) is 0 Å². The molecule has 0 aliphatic heterocycles. The lowest BCUT2D eigenvalue weighted by atomic mass is 10.0. The van der Waals surface area contributed by atoms with Gasteiger partial charge in [0.2, 0.25) is 5.91 Å². The average Bonchev–Trinajstić information content (AvgIpc) is 3.27. The molecule has 5 heteroatoms. The van der Waals surface area contributed by atoms with E-state index in [9.17, 15) is 4.79 Å². The van der Waals surface area contributed by atoms with Gasteiger partial charge in [0.25, 0.3) is 0 Å². The highest BCUT2D eigenvalue weighted by Gasteiger charge is 2.45. The normalized spacial score (nSPS) is 14.7. The summed E-state index contributed by atoms with van der Waals surface area (Å²) in [5.41, 5.74) is 8.71. The van der Waals surface area contributed by atoms with E-state index >= 15 is 0 Å². The van der Waals surface area contributed by atoms with E-state index in [1.165, 1.54) is 5.56 Å². The molecule has 1 amide bonds. The summed E-state index contributed by atoms with van der Waals surface area (Å²) in [5, 5.41) is 3.20. The zero-order valence-corrected chi connectivity index (χ0v) is 15.1. The Kier molecular flexibility index (Phi) is 5.71. The fraction of sp³-hybridized carbons (Fsp3) is 0.278. The average molecular weight is 396 g/mol. The topological polar surface area (TPSA) is 55.1 Å². The minimum absolute atomic E-state index is 0. The number of para-hydroxylation sites is 1. The van der Waals surface area contributed by atoms with E-state index in [0.717, 1.165) is 28.6 Å². The van der Waals surface area contributed by atoms with Crippen molar-refractivity contribution in [3.63, 3.8) is 0 Å². The van der Waals surface area contributed by atoms with Crippen LogP contribution in [0.4, 0.5) is 5.69 Å². The number of nitrogens with two attached hydrogens (primary N) is 1. The van der Waals surface area contributed by atoms with E-state index < -0.39 is 0 Å². The molecule has 3 nitrogen and oxygen atoms in total. The predicted molar refractivity (Wildman–Crippen MR) is 99.6 cm³/mol. The molecule has 2 aromatic carbocycles. The molecule has 0 radical (unpaired) electrons. The molecule has 122 valence electrons. The highest BCUT2D eigenvalue weighted by Crippen LogP contribution is 2.46. The van der Waals surface area contributed by atoms with Crippen LogP contribution < -0.4 is 11.1 Å². The lowest BCUT2D eigenvalue weighted by Crippen LogP contribution is -2.35. The standard InChI is InChI=1S/C18H19BrN2O.ClH/c19-15-6-3-5-14(12-15)18(10-11-18)21-17(22)9-8-13-4-1-2-7-16(13)20;/h1-7,12H,8-11,20H2,(H,21,22);1H. The summed E-state index contributed by atoms with van der Waals surface area (Å²) in [6.07, 6.45) is 3.14. The molecule has 1 saturated carbocycles. The molecular weight excluding hydrogens is 376 g/mol. The number of hydrogen-bond donors (Lipinski definition) is 2. The molecule has 3 rings (SSSR count). The van der Waals surface area contributed by atoms with Crippen LogP contribution in [0.5, 0.6) is 0 Å². The Balaban J connectivity index is 0.00000192. The van der Waals surface area contributed by atoms with Gasteiger partial charge in [-0.2, -0.15) is 0 Å². The van der Waals surface area contributed by atoms with Crippen molar-refractivity contribution in [3.05, 3.63) is 64.1 Å². The Morgan fingerprint density at radius 2 is 1.91 bits per heavy atom. The molecule has 1 aliphatic carbocycles. The number of anilines is 1. The number of amides is 1. The summed E-state index contributed by atoms with van der Waals surface area (Å²) in [4.78, 5) is 12.3. The Bertz CT molecular complexity index is 701. The molecule has 0 spiro atoms. The summed E-state index contributed by atoms with van der Waals surface area (Å²) in [6.45, 7) is 0. The molecular formula is C18H20BrClN2O. The van der Waals surface area contributed by atoms with Crippen LogP contribution >= 0.6 is 28.3 Å². The van der Waals surface area contributed by atoms with E-state index in [1.54, 1.807) is 0 Å². The predicted octanol–water partition coefficient (Wildman–Crippen LogP) is 4.19. The summed E-state index contributed by atoms with van der Waals surface area (Å²) < 4.78 is 1.04. The van der Waals surface area contributed by atoms with Crippen LogP contribution in [-0.4, -0.2) is 5.91 Å². The lowest BCUT2D eigenvalue weighted by molar-refractivity contribution is -0.122. The van der Waals surface area contributed by atoms with Crippen molar-refractivity contribution in [2.24, 2.45) is 0 Å². The van der Waals surface area contributed by atoms with Crippen LogP contribution in [0.25, 0.3) is 0 Å². The molecule has 1 aliphatic rings. The summed E-state index contributed by atoms with van der Waals surface area (Å²) in [5.74, 6) is 0.0840. The maximum atomic E-state index is 12.3. The van der Waals surface area contributed by atoms with Crippen molar-refractivity contribution in [1.29, 1.82) is 0 Å². The molecule has 0 heterocycles. The molecule has 0 aromatic heterocycles. The third-order valence-corrected chi connectivity index (χ3v) is 4.68. The number of carbonyl (C=O) groups is 1. The number of rotatable bonds is 5. The van der Waals surface area contributed by atoms with E-state index in [-0.39, 0.29) is 23.9 Å². The molecule has 1 fully saturated rings. The van der Waals surface area contributed by atoms with Crippen molar-refractivity contribution in [1.82, 2.24) is 5.32 Å². The van der Waals surface area contributed by atoms with Crippen molar-refractivity contribution < 1.29 is 4.79 Å².